The standard InChI is InChI=1S/C29H54N6O8/c1-16-14-40-28(24(37)23(16)33-2)43-27-20(35-21(36)6-4-8-30)9-19(32)26(25(27)38)42-22-7-3-5-18(41-22)13-34-15-29(39)10-17(11-29)12-31/h5,16-17,19-20,22-28,33-34,37-39H,3-4,6-15,30-32H2,1-2H3,(H,35,36)/t16-,17?,19+,20-,22-,23+,24-,25+,26-,27+,28-,29?/m1/s1. The smallest absolute Gasteiger partial charge is 0.220 e. The zero-order chi connectivity index (χ0) is 31.1. The molecule has 1 amide bonds. The predicted molar refractivity (Wildman–Crippen MR) is 158 cm³/mol. The highest BCUT2D eigenvalue weighted by molar-refractivity contribution is 5.76. The van der Waals surface area contributed by atoms with Gasteiger partial charge in [0.05, 0.1) is 24.8 Å². The summed E-state index contributed by atoms with van der Waals surface area (Å²) >= 11 is 0. The van der Waals surface area contributed by atoms with Crippen molar-refractivity contribution in [3.8, 4) is 0 Å². The molecule has 3 fully saturated rings. The molecule has 0 spiro atoms. The Hall–Kier alpha value is -1.43. The highest BCUT2D eigenvalue weighted by atomic mass is 16.7. The molecule has 12 N–H and O–H groups in total. The first kappa shape index (κ1) is 34.4. The third-order valence-corrected chi connectivity index (χ3v) is 9.17. The molecule has 0 aromatic heterocycles. The van der Waals surface area contributed by atoms with Crippen molar-refractivity contribution in [2.45, 2.75) is 113 Å². The molecular weight excluding hydrogens is 560 g/mol. The zero-order valence-corrected chi connectivity index (χ0v) is 25.5. The van der Waals surface area contributed by atoms with Gasteiger partial charge in [-0.2, -0.15) is 0 Å². The number of carbonyl (C=O) groups excluding carboxylic acids is 1. The maximum absolute atomic E-state index is 12.6. The van der Waals surface area contributed by atoms with E-state index in [1.165, 1.54) is 0 Å². The lowest BCUT2D eigenvalue weighted by atomic mass is 9.71. The van der Waals surface area contributed by atoms with Gasteiger partial charge in [-0.1, -0.05) is 6.92 Å². The summed E-state index contributed by atoms with van der Waals surface area (Å²) in [5.74, 6) is 0.885. The minimum absolute atomic E-state index is 0.0482. The van der Waals surface area contributed by atoms with Gasteiger partial charge in [0.2, 0.25) is 5.91 Å². The Morgan fingerprint density at radius 1 is 1.19 bits per heavy atom. The first-order chi connectivity index (χ1) is 20.6. The third-order valence-electron chi connectivity index (χ3n) is 9.17. The monoisotopic (exact) mass is 614 g/mol. The number of hydrogen-bond donors (Lipinski definition) is 9. The fourth-order valence-corrected chi connectivity index (χ4v) is 6.75. The Balaban J connectivity index is 1.37. The van der Waals surface area contributed by atoms with Gasteiger partial charge in [0, 0.05) is 31.5 Å². The molecule has 248 valence electrons. The van der Waals surface area contributed by atoms with Crippen LogP contribution in [-0.2, 0) is 23.7 Å². The number of carbonyl (C=O) groups is 1. The van der Waals surface area contributed by atoms with Crippen molar-refractivity contribution in [1.29, 1.82) is 0 Å². The average Bonchev–Trinajstić information content (AvgIpc) is 2.96. The Kier molecular flexibility index (Phi) is 12.6. The van der Waals surface area contributed by atoms with E-state index in [-0.39, 0.29) is 30.7 Å². The van der Waals surface area contributed by atoms with Crippen LogP contribution in [0.3, 0.4) is 0 Å². The van der Waals surface area contributed by atoms with E-state index in [0.29, 0.717) is 76.6 Å². The first-order valence-electron chi connectivity index (χ1n) is 15.8. The van der Waals surface area contributed by atoms with Crippen molar-refractivity contribution in [3.63, 3.8) is 0 Å². The van der Waals surface area contributed by atoms with Crippen LogP contribution in [0.25, 0.3) is 0 Å². The van der Waals surface area contributed by atoms with Crippen molar-refractivity contribution < 1.29 is 39.1 Å². The van der Waals surface area contributed by atoms with E-state index < -0.39 is 54.7 Å². The van der Waals surface area contributed by atoms with Crippen LogP contribution >= 0.6 is 0 Å². The zero-order valence-electron chi connectivity index (χ0n) is 25.5. The first-order valence-corrected chi connectivity index (χ1v) is 15.8. The molecule has 43 heavy (non-hydrogen) atoms. The molecule has 14 nitrogen and oxygen atoms in total. The summed E-state index contributed by atoms with van der Waals surface area (Å²) in [5, 5.41) is 42.4. The number of aliphatic hydroxyl groups is 3. The molecule has 10 atom stereocenters. The highest BCUT2D eigenvalue weighted by Crippen LogP contribution is 2.36. The molecule has 0 unspecified atom stereocenters. The maximum Gasteiger partial charge on any atom is 0.220 e. The van der Waals surface area contributed by atoms with Gasteiger partial charge in [0.1, 0.15) is 30.2 Å². The van der Waals surface area contributed by atoms with Gasteiger partial charge in [-0.3, -0.25) is 4.79 Å². The van der Waals surface area contributed by atoms with Crippen LogP contribution < -0.4 is 33.2 Å². The molecule has 4 aliphatic rings. The molecular formula is C29H54N6O8. The Morgan fingerprint density at radius 2 is 1.95 bits per heavy atom. The van der Waals surface area contributed by atoms with Crippen LogP contribution in [0.5, 0.6) is 0 Å². The summed E-state index contributed by atoms with van der Waals surface area (Å²) in [4.78, 5) is 12.6. The molecule has 0 aromatic carbocycles. The van der Waals surface area contributed by atoms with E-state index in [2.05, 4.69) is 16.0 Å². The second-order valence-corrected chi connectivity index (χ2v) is 12.8. The number of amides is 1. The van der Waals surface area contributed by atoms with Crippen molar-refractivity contribution in [1.82, 2.24) is 16.0 Å². The minimum Gasteiger partial charge on any atom is -0.468 e. The summed E-state index contributed by atoms with van der Waals surface area (Å²) < 4.78 is 24.4. The van der Waals surface area contributed by atoms with E-state index >= 15 is 0 Å². The lowest BCUT2D eigenvalue weighted by Gasteiger charge is -2.47. The number of hydrogen-bond acceptors (Lipinski definition) is 13. The van der Waals surface area contributed by atoms with Gasteiger partial charge in [-0.15, -0.1) is 0 Å². The second-order valence-electron chi connectivity index (χ2n) is 12.8. The Morgan fingerprint density at radius 3 is 2.65 bits per heavy atom. The van der Waals surface area contributed by atoms with Crippen molar-refractivity contribution in [2.24, 2.45) is 29.0 Å². The molecule has 0 radical (unpaired) electrons. The largest absolute Gasteiger partial charge is 0.468 e. The average molecular weight is 615 g/mol. The molecule has 0 aromatic rings. The van der Waals surface area contributed by atoms with E-state index in [1.807, 2.05) is 13.0 Å². The topological polar surface area (TPSA) is 229 Å². The van der Waals surface area contributed by atoms with Gasteiger partial charge < -0.3 is 67.4 Å². The summed E-state index contributed by atoms with van der Waals surface area (Å²) in [6.07, 6.45) is -0.0608. The van der Waals surface area contributed by atoms with Crippen molar-refractivity contribution in [2.75, 3.05) is 39.8 Å². The summed E-state index contributed by atoms with van der Waals surface area (Å²) in [6, 6.07) is -1.54. The number of likely N-dealkylation sites (N-methyl/N-ethyl adjacent to an activating group) is 1. The van der Waals surface area contributed by atoms with E-state index in [0.717, 1.165) is 0 Å². The molecule has 2 heterocycles. The third kappa shape index (κ3) is 8.85. The Labute approximate surface area is 254 Å². The number of rotatable bonds is 14. The number of aliphatic hydroxyl groups excluding tert-OH is 2. The fourth-order valence-electron chi connectivity index (χ4n) is 6.75. The van der Waals surface area contributed by atoms with Gasteiger partial charge in [0.15, 0.2) is 12.6 Å². The van der Waals surface area contributed by atoms with E-state index in [9.17, 15) is 20.1 Å². The van der Waals surface area contributed by atoms with E-state index in [1.54, 1.807) is 7.05 Å². The van der Waals surface area contributed by atoms with Crippen LogP contribution in [0, 0.1) is 11.8 Å². The van der Waals surface area contributed by atoms with Gasteiger partial charge in [0.25, 0.3) is 0 Å². The molecule has 0 bridgehead atoms. The molecule has 4 rings (SSSR count). The summed E-state index contributed by atoms with van der Waals surface area (Å²) in [6.45, 7) is 4.16. The summed E-state index contributed by atoms with van der Waals surface area (Å²) in [5.41, 5.74) is 17.0. The molecule has 14 heteroatoms. The van der Waals surface area contributed by atoms with Gasteiger partial charge >= 0.3 is 0 Å². The van der Waals surface area contributed by atoms with Crippen molar-refractivity contribution in [3.05, 3.63) is 11.8 Å². The summed E-state index contributed by atoms with van der Waals surface area (Å²) in [7, 11) is 1.76. The number of allylic oxidation sites excluding steroid dienone is 1. The lowest BCUT2D eigenvalue weighted by molar-refractivity contribution is -0.286. The van der Waals surface area contributed by atoms with Crippen LogP contribution in [-0.4, -0.2) is 122 Å². The minimum atomic E-state index is -1.24. The maximum atomic E-state index is 12.6. The number of nitrogens with one attached hydrogen (secondary N) is 3. The van der Waals surface area contributed by atoms with Crippen molar-refractivity contribution >= 4 is 5.91 Å². The highest BCUT2D eigenvalue weighted by Gasteiger charge is 2.49. The lowest BCUT2D eigenvalue weighted by Crippen LogP contribution is -2.67. The van der Waals surface area contributed by atoms with Crippen LogP contribution in [0.4, 0.5) is 0 Å². The number of nitrogens with two attached hydrogens (primary N) is 3. The van der Waals surface area contributed by atoms with Gasteiger partial charge in [-0.05, 0) is 70.2 Å². The molecule has 2 aliphatic carbocycles. The molecule has 1 saturated heterocycles. The van der Waals surface area contributed by atoms with E-state index in [4.69, 9.17) is 36.1 Å². The fraction of sp³-hybridized carbons (Fsp3) is 0.897. The SMILES string of the molecule is CN[C@@H]1[C@@H](O)[C@@H](O[C@@H]2[C@@H](O)[C@H](O[C@@H]3CCC=C(CNCC4(O)CC(CN)C4)O3)[C@@H](N)C[C@H]2NC(=O)CCCN)OC[C@H]1C. The van der Waals surface area contributed by atoms with Crippen LogP contribution in [0.15, 0.2) is 11.8 Å². The van der Waals surface area contributed by atoms with Crippen LogP contribution in [0.1, 0.15) is 51.9 Å². The number of ether oxygens (including phenoxy) is 4. The second kappa shape index (κ2) is 15.7. The molecule has 2 saturated carbocycles. The predicted octanol–water partition coefficient (Wildman–Crippen LogP) is -2.28. The van der Waals surface area contributed by atoms with Crippen LogP contribution in [0.2, 0.25) is 0 Å². The molecule has 2 aliphatic heterocycles. The van der Waals surface area contributed by atoms with Gasteiger partial charge in [-0.25, -0.2) is 0 Å². The Bertz CT molecular complexity index is 923. The normalized spacial score (nSPS) is 41.6. The quantitative estimate of drug-likeness (QED) is 0.101.